The molecule has 4 heteroatoms. The van der Waals surface area contributed by atoms with Gasteiger partial charge in [-0.2, -0.15) is 5.10 Å². The molecule has 152 valence electrons. The Morgan fingerprint density at radius 1 is 0.833 bits per heavy atom. The molecular formula is C26H28N4. The standard InChI is InChI=1S/C26H28N4/c1-15-8-10-24(17(3)11-15)29-19(5)14-21(20(29)6)26-27-23-9-7-16(2)12-22(23)25-13-18(4)28-30(25)26/h7-14,26-27H,1-6H3/t26-/m0/s1. The number of rotatable bonds is 2. The van der Waals surface area contributed by atoms with Gasteiger partial charge in [-0.3, -0.25) is 0 Å². The van der Waals surface area contributed by atoms with Crippen molar-refractivity contribution in [3.8, 4) is 16.9 Å². The molecule has 0 aliphatic carbocycles. The lowest BCUT2D eigenvalue weighted by molar-refractivity contribution is 0.568. The van der Waals surface area contributed by atoms with Crippen LogP contribution in [0.3, 0.4) is 0 Å². The van der Waals surface area contributed by atoms with E-state index in [-0.39, 0.29) is 6.17 Å². The minimum atomic E-state index is -0.0328. The Kier molecular flexibility index (Phi) is 4.14. The van der Waals surface area contributed by atoms with E-state index in [1.807, 2.05) is 0 Å². The van der Waals surface area contributed by atoms with Crippen LogP contribution in [0.2, 0.25) is 0 Å². The first-order valence-electron chi connectivity index (χ1n) is 10.5. The minimum Gasteiger partial charge on any atom is -0.359 e. The van der Waals surface area contributed by atoms with E-state index in [0.717, 1.165) is 11.4 Å². The molecule has 0 amide bonds. The summed E-state index contributed by atoms with van der Waals surface area (Å²) in [5.74, 6) is 0. The summed E-state index contributed by atoms with van der Waals surface area (Å²) >= 11 is 0. The molecule has 0 bridgehead atoms. The van der Waals surface area contributed by atoms with E-state index in [9.17, 15) is 0 Å². The summed E-state index contributed by atoms with van der Waals surface area (Å²) in [5, 5.41) is 8.62. The van der Waals surface area contributed by atoms with Crippen molar-refractivity contribution in [1.82, 2.24) is 14.3 Å². The molecule has 2 aromatic heterocycles. The third-order valence-corrected chi connectivity index (χ3v) is 6.20. The molecule has 1 aliphatic heterocycles. The van der Waals surface area contributed by atoms with Gasteiger partial charge >= 0.3 is 0 Å². The van der Waals surface area contributed by atoms with Crippen LogP contribution in [0.15, 0.2) is 48.5 Å². The molecule has 1 N–H and O–H groups in total. The zero-order valence-corrected chi connectivity index (χ0v) is 18.5. The van der Waals surface area contributed by atoms with Crippen molar-refractivity contribution in [2.45, 2.75) is 47.7 Å². The predicted octanol–water partition coefficient (Wildman–Crippen LogP) is 6.16. The minimum absolute atomic E-state index is 0.0328. The first-order chi connectivity index (χ1) is 14.3. The Bertz CT molecular complexity index is 1290. The Labute approximate surface area is 178 Å². The SMILES string of the molecule is Cc1ccc(-n2c(C)cc([C@H]3Nc4ccc(C)cc4-c4cc(C)nn43)c2C)c(C)c1. The monoisotopic (exact) mass is 396 g/mol. The summed E-state index contributed by atoms with van der Waals surface area (Å²) in [4.78, 5) is 0. The van der Waals surface area contributed by atoms with Gasteiger partial charge in [0.05, 0.1) is 11.4 Å². The van der Waals surface area contributed by atoms with Crippen molar-refractivity contribution in [2.75, 3.05) is 5.32 Å². The van der Waals surface area contributed by atoms with Crippen molar-refractivity contribution in [3.05, 3.63) is 87.9 Å². The lowest BCUT2D eigenvalue weighted by Gasteiger charge is -2.29. The molecule has 4 nitrogen and oxygen atoms in total. The largest absolute Gasteiger partial charge is 0.359 e. The van der Waals surface area contributed by atoms with E-state index in [2.05, 4.69) is 105 Å². The average molecular weight is 397 g/mol. The van der Waals surface area contributed by atoms with Crippen LogP contribution in [-0.2, 0) is 0 Å². The molecule has 1 atom stereocenters. The zero-order chi connectivity index (χ0) is 21.2. The number of fused-ring (bicyclic) bond motifs is 3. The molecule has 30 heavy (non-hydrogen) atoms. The highest BCUT2D eigenvalue weighted by Gasteiger charge is 2.29. The molecule has 3 heterocycles. The quantitative estimate of drug-likeness (QED) is 0.440. The average Bonchev–Trinajstić information content (AvgIpc) is 3.22. The van der Waals surface area contributed by atoms with Crippen molar-refractivity contribution in [2.24, 2.45) is 0 Å². The van der Waals surface area contributed by atoms with Crippen molar-refractivity contribution >= 4 is 5.69 Å². The molecular weight excluding hydrogens is 368 g/mol. The molecule has 5 rings (SSSR count). The van der Waals surface area contributed by atoms with Gasteiger partial charge in [0.1, 0.15) is 6.17 Å². The fourth-order valence-corrected chi connectivity index (χ4v) is 4.82. The van der Waals surface area contributed by atoms with Crippen LogP contribution < -0.4 is 5.32 Å². The number of benzene rings is 2. The fraction of sp³-hybridized carbons (Fsp3) is 0.269. The van der Waals surface area contributed by atoms with Crippen LogP contribution in [0.5, 0.6) is 0 Å². The Balaban J connectivity index is 1.68. The lowest BCUT2D eigenvalue weighted by Crippen LogP contribution is -2.26. The van der Waals surface area contributed by atoms with E-state index < -0.39 is 0 Å². The lowest BCUT2D eigenvalue weighted by atomic mass is 10.0. The Morgan fingerprint density at radius 2 is 1.57 bits per heavy atom. The van der Waals surface area contributed by atoms with Gasteiger partial charge in [0.25, 0.3) is 0 Å². The second-order valence-electron chi connectivity index (χ2n) is 8.66. The maximum Gasteiger partial charge on any atom is 0.149 e. The second-order valence-corrected chi connectivity index (χ2v) is 8.66. The van der Waals surface area contributed by atoms with Gasteiger partial charge in [-0.05, 0) is 77.4 Å². The van der Waals surface area contributed by atoms with Crippen LogP contribution in [0, 0.1) is 41.5 Å². The summed E-state index contributed by atoms with van der Waals surface area (Å²) in [7, 11) is 0. The molecule has 0 radical (unpaired) electrons. The van der Waals surface area contributed by atoms with Crippen molar-refractivity contribution in [1.29, 1.82) is 0 Å². The van der Waals surface area contributed by atoms with Gasteiger partial charge in [0, 0.05) is 33.9 Å². The number of anilines is 1. The summed E-state index contributed by atoms with van der Waals surface area (Å²) < 4.78 is 4.51. The summed E-state index contributed by atoms with van der Waals surface area (Å²) in [6.07, 6.45) is -0.0328. The fourth-order valence-electron chi connectivity index (χ4n) is 4.82. The van der Waals surface area contributed by atoms with Gasteiger partial charge < -0.3 is 9.88 Å². The van der Waals surface area contributed by atoms with Crippen LogP contribution in [-0.4, -0.2) is 14.3 Å². The van der Waals surface area contributed by atoms with E-state index in [1.165, 1.54) is 50.6 Å². The van der Waals surface area contributed by atoms with E-state index in [0.29, 0.717) is 0 Å². The first kappa shape index (κ1) is 18.7. The van der Waals surface area contributed by atoms with Crippen LogP contribution >= 0.6 is 0 Å². The predicted molar refractivity (Wildman–Crippen MR) is 124 cm³/mol. The first-order valence-corrected chi connectivity index (χ1v) is 10.5. The topological polar surface area (TPSA) is 34.8 Å². The van der Waals surface area contributed by atoms with Gasteiger partial charge in [0.2, 0.25) is 0 Å². The molecule has 0 spiro atoms. The molecule has 0 saturated carbocycles. The summed E-state index contributed by atoms with van der Waals surface area (Å²) in [5.41, 5.74) is 13.4. The summed E-state index contributed by atoms with van der Waals surface area (Å²) in [6, 6.07) is 17.7. The van der Waals surface area contributed by atoms with Crippen LogP contribution in [0.1, 0.15) is 45.5 Å². The number of hydrogen-bond donors (Lipinski definition) is 1. The molecule has 0 unspecified atom stereocenters. The second kappa shape index (κ2) is 6.63. The maximum atomic E-state index is 4.86. The highest BCUT2D eigenvalue weighted by molar-refractivity contribution is 5.79. The molecule has 0 saturated heterocycles. The molecule has 0 fully saturated rings. The summed E-state index contributed by atoms with van der Waals surface area (Å²) in [6.45, 7) is 12.9. The molecule has 1 aliphatic rings. The third-order valence-electron chi connectivity index (χ3n) is 6.20. The van der Waals surface area contributed by atoms with Gasteiger partial charge in [0.15, 0.2) is 0 Å². The number of aryl methyl sites for hydroxylation is 5. The van der Waals surface area contributed by atoms with Crippen LogP contribution in [0.25, 0.3) is 16.9 Å². The maximum absolute atomic E-state index is 4.86. The number of nitrogens with zero attached hydrogens (tertiary/aromatic N) is 3. The Morgan fingerprint density at radius 3 is 2.33 bits per heavy atom. The zero-order valence-electron chi connectivity index (χ0n) is 18.5. The molecule has 2 aromatic carbocycles. The van der Waals surface area contributed by atoms with Gasteiger partial charge in [-0.15, -0.1) is 0 Å². The van der Waals surface area contributed by atoms with Gasteiger partial charge in [-0.1, -0.05) is 29.3 Å². The van der Waals surface area contributed by atoms with Crippen molar-refractivity contribution in [3.63, 3.8) is 0 Å². The number of hydrogen-bond acceptors (Lipinski definition) is 2. The van der Waals surface area contributed by atoms with Crippen molar-refractivity contribution < 1.29 is 0 Å². The molecule has 4 aromatic rings. The normalized spacial score (nSPS) is 14.9. The van der Waals surface area contributed by atoms with Gasteiger partial charge in [-0.25, -0.2) is 4.68 Å². The highest BCUT2D eigenvalue weighted by atomic mass is 15.4. The number of aromatic nitrogens is 3. The van der Waals surface area contributed by atoms with E-state index >= 15 is 0 Å². The van der Waals surface area contributed by atoms with Crippen LogP contribution in [0.4, 0.5) is 5.69 Å². The highest BCUT2D eigenvalue weighted by Crippen LogP contribution is 2.40. The smallest absolute Gasteiger partial charge is 0.149 e. The third kappa shape index (κ3) is 2.78. The van der Waals surface area contributed by atoms with E-state index in [4.69, 9.17) is 5.10 Å². The number of nitrogens with one attached hydrogen (secondary N) is 1. The van der Waals surface area contributed by atoms with E-state index in [1.54, 1.807) is 0 Å². The Hall–Kier alpha value is -3.27.